The summed E-state index contributed by atoms with van der Waals surface area (Å²) >= 11 is 5.97. The molecule has 3 heterocycles. The topological polar surface area (TPSA) is 114 Å². The van der Waals surface area contributed by atoms with E-state index in [2.05, 4.69) is 25.9 Å². The van der Waals surface area contributed by atoms with E-state index in [-0.39, 0.29) is 28.5 Å². The number of amides is 1. The van der Waals surface area contributed by atoms with E-state index in [1.54, 1.807) is 38.2 Å². The van der Waals surface area contributed by atoms with Crippen molar-refractivity contribution < 1.29 is 18.7 Å². The Morgan fingerprint density at radius 2 is 2.06 bits per heavy atom. The second-order valence-electron chi connectivity index (χ2n) is 7.94. The Hall–Kier alpha value is -4.18. The van der Waals surface area contributed by atoms with Crippen LogP contribution in [-0.4, -0.2) is 38.5 Å². The first-order valence-corrected chi connectivity index (χ1v) is 11.2. The first-order chi connectivity index (χ1) is 16.9. The van der Waals surface area contributed by atoms with E-state index in [1.165, 1.54) is 28.9 Å². The van der Waals surface area contributed by atoms with Crippen molar-refractivity contribution in [3.8, 4) is 0 Å². The molecule has 0 aliphatic carbocycles. The quantitative estimate of drug-likeness (QED) is 0.348. The molecule has 3 N–H and O–H groups in total. The number of esters is 1. The van der Waals surface area contributed by atoms with E-state index in [1.807, 2.05) is 0 Å². The minimum absolute atomic E-state index is 0.0357. The molecule has 2 aromatic carbocycles. The normalized spacial score (nSPS) is 15.0. The molecule has 2 aromatic heterocycles. The maximum Gasteiger partial charge on any atom is 0.358 e. The Kier molecular flexibility index (Phi) is 5.73. The molecule has 4 aromatic rings. The Labute approximate surface area is 203 Å². The van der Waals surface area contributed by atoms with Crippen molar-refractivity contribution in [3.63, 3.8) is 0 Å². The summed E-state index contributed by atoms with van der Waals surface area (Å²) in [6, 6.07) is 10.1. The molecule has 11 heteroatoms. The van der Waals surface area contributed by atoms with Crippen molar-refractivity contribution in [1.29, 1.82) is 0 Å². The molecular formula is C24H20ClFN6O3. The third kappa shape index (κ3) is 4.12. The summed E-state index contributed by atoms with van der Waals surface area (Å²) in [5.41, 5.74) is 2.28. The van der Waals surface area contributed by atoms with Gasteiger partial charge in [-0.1, -0.05) is 17.7 Å². The number of benzene rings is 2. The second kappa shape index (κ2) is 8.88. The monoisotopic (exact) mass is 494 g/mol. The number of nitrogens with zero attached hydrogens (tertiary/aromatic N) is 3. The predicted octanol–water partition coefficient (Wildman–Crippen LogP) is 4.66. The molecular weight excluding hydrogens is 475 g/mol. The fourth-order valence-corrected chi connectivity index (χ4v) is 4.26. The van der Waals surface area contributed by atoms with Gasteiger partial charge in [-0.15, -0.1) is 0 Å². The van der Waals surface area contributed by atoms with Gasteiger partial charge in [0, 0.05) is 33.4 Å². The Bertz CT molecular complexity index is 1510. The smallest absolute Gasteiger partial charge is 0.358 e. The second-order valence-corrected chi connectivity index (χ2v) is 8.37. The molecule has 1 aliphatic rings. The number of carbonyl (C=O) groups excluding carboxylic acids is 2. The number of carbonyl (C=O) groups is 2. The van der Waals surface area contributed by atoms with Gasteiger partial charge in [-0.05, 0) is 44.2 Å². The van der Waals surface area contributed by atoms with E-state index in [0.29, 0.717) is 17.2 Å². The molecule has 0 bridgehead atoms. The highest BCUT2D eigenvalue weighted by atomic mass is 35.5. The van der Waals surface area contributed by atoms with Gasteiger partial charge in [0.2, 0.25) is 0 Å². The average Bonchev–Trinajstić information content (AvgIpc) is 3.45. The lowest BCUT2D eigenvalue weighted by molar-refractivity contribution is -0.113. The zero-order valence-corrected chi connectivity index (χ0v) is 19.5. The van der Waals surface area contributed by atoms with Crippen LogP contribution in [0.1, 0.15) is 35.9 Å². The molecule has 0 fully saturated rings. The van der Waals surface area contributed by atoms with Crippen molar-refractivity contribution in [2.24, 2.45) is 0 Å². The van der Waals surface area contributed by atoms with Gasteiger partial charge >= 0.3 is 5.97 Å². The maximum absolute atomic E-state index is 15.1. The van der Waals surface area contributed by atoms with E-state index < -0.39 is 23.7 Å². The summed E-state index contributed by atoms with van der Waals surface area (Å²) < 4.78 is 21.6. The molecule has 1 atom stereocenters. The number of rotatable bonds is 5. The standard InChI is InChI=1S/C24H20ClFN6O3/c1-3-35-24(34)19-10-20-28-12(2)21(22(32(20)31-19)16-6-4-14(25)9-17(16)26)23(33)29-15-5-7-18-13(8-15)11-27-30-18/h4-11,22,28H,3H2,1-2H3,(H,27,30)(H,29,33). The lowest BCUT2D eigenvalue weighted by Crippen LogP contribution is -2.32. The first-order valence-electron chi connectivity index (χ1n) is 10.8. The zero-order chi connectivity index (χ0) is 24.7. The van der Waals surface area contributed by atoms with Crippen LogP contribution in [-0.2, 0) is 9.53 Å². The molecule has 5 rings (SSSR count). The van der Waals surface area contributed by atoms with Crippen LogP contribution in [0.15, 0.2) is 59.9 Å². The highest BCUT2D eigenvalue weighted by molar-refractivity contribution is 6.30. The molecule has 9 nitrogen and oxygen atoms in total. The Morgan fingerprint density at radius 3 is 2.83 bits per heavy atom. The van der Waals surface area contributed by atoms with Crippen LogP contribution in [0.25, 0.3) is 10.9 Å². The van der Waals surface area contributed by atoms with E-state index >= 15 is 4.39 Å². The van der Waals surface area contributed by atoms with Crippen LogP contribution in [0.3, 0.4) is 0 Å². The third-order valence-electron chi connectivity index (χ3n) is 5.66. The van der Waals surface area contributed by atoms with Gasteiger partial charge in [-0.3, -0.25) is 9.89 Å². The van der Waals surface area contributed by atoms with Crippen LogP contribution in [0.2, 0.25) is 5.02 Å². The predicted molar refractivity (Wildman–Crippen MR) is 129 cm³/mol. The van der Waals surface area contributed by atoms with E-state index in [4.69, 9.17) is 16.3 Å². The van der Waals surface area contributed by atoms with E-state index in [0.717, 1.165) is 10.9 Å². The van der Waals surface area contributed by atoms with Crippen molar-refractivity contribution in [3.05, 3.63) is 82.0 Å². The lowest BCUT2D eigenvalue weighted by Gasteiger charge is -2.30. The summed E-state index contributed by atoms with van der Waals surface area (Å²) in [6.07, 6.45) is 1.65. The van der Waals surface area contributed by atoms with Gasteiger partial charge in [0.15, 0.2) is 5.69 Å². The number of nitrogens with one attached hydrogen (secondary N) is 3. The number of fused-ring (bicyclic) bond motifs is 2. The number of aromatic nitrogens is 4. The summed E-state index contributed by atoms with van der Waals surface area (Å²) in [4.78, 5) is 25.9. The van der Waals surface area contributed by atoms with Crippen LogP contribution in [0.4, 0.5) is 15.9 Å². The van der Waals surface area contributed by atoms with Gasteiger partial charge in [-0.25, -0.2) is 13.9 Å². The molecule has 35 heavy (non-hydrogen) atoms. The number of hydrogen-bond acceptors (Lipinski definition) is 6. The van der Waals surface area contributed by atoms with Gasteiger partial charge < -0.3 is 15.4 Å². The Balaban J connectivity index is 1.59. The van der Waals surface area contributed by atoms with Crippen molar-refractivity contribution >= 4 is 45.9 Å². The first kappa shape index (κ1) is 22.6. The maximum atomic E-state index is 15.1. The van der Waals surface area contributed by atoms with Crippen molar-refractivity contribution in [2.75, 3.05) is 17.2 Å². The largest absolute Gasteiger partial charge is 0.461 e. The van der Waals surface area contributed by atoms with Gasteiger partial charge in [-0.2, -0.15) is 10.2 Å². The number of allylic oxidation sites excluding steroid dienone is 1. The van der Waals surface area contributed by atoms with Gasteiger partial charge in [0.05, 0.1) is 23.9 Å². The highest BCUT2D eigenvalue weighted by Crippen LogP contribution is 2.38. The summed E-state index contributed by atoms with van der Waals surface area (Å²) in [7, 11) is 0. The lowest BCUT2D eigenvalue weighted by atomic mass is 9.94. The Morgan fingerprint density at radius 1 is 1.23 bits per heavy atom. The molecule has 0 saturated heterocycles. The van der Waals surface area contributed by atoms with Crippen LogP contribution in [0, 0.1) is 5.82 Å². The summed E-state index contributed by atoms with van der Waals surface area (Å²) in [5.74, 6) is -1.28. The fraction of sp³-hybridized carbons (Fsp3) is 0.167. The molecule has 0 radical (unpaired) electrons. The molecule has 1 aliphatic heterocycles. The van der Waals surface area contributed by atoms with Crippen molar-refractivity contribution in [2.45, 2.75) is 19.9 Å². The third-order valence-corrected chi connectivity index (χ3v) is 5.89. The number of ether oxygens (including phenoxy) is 1. The molecule has 0 saturated carbocycles. The SMILES string of the molecule is CCOC(=O)c1cc2n(n1)C(c1ccc(Cl)cc1F)C(C(=O)Nc1ccc3[nH]ncc3c1)=C(C)N2. The number of halogens is 2. The summed E-state index contributed by atoms with van der Waals surface area (Å²) in [5, 5.41) is 18.2. The fourth-order valence-electron chi connectivity index (χ4n) is 4.10. The van der Waals surface area contributed by atoms with Crippen LogP contribution >= 0.6 is 11.6 Å². The summed E-state index contributed by atoms with van der Waals surface area (Å²) in [6.45, 7) is 3.57. The van der Waals surface area contributed by atoms with Crippen LogP contribution < -0.4 is 10.6 Å². The zero-order valence-electron chi connectivity index (χ0n) is 18.7. The molecule has 1 unspecified atom stereocenters. The van der Waals surface area contributed by atoms with Crippen LogP contribution in [0.5, 0.6) is 0 Å². The average molecular weight is 495 g/mol. The van der Waals surface area contributed by atoms with Gasteiger partial charge in [0.1, 0.15) is 17.7 Å². The van der Waals surface area contributed by atoms with Crippen molar-refractivity contribution in [1.82, 2.24) is 20.0 Å². The molecule has 1 amide bonds. The number of aromatic amines is 1. The minimum Gasteiger partial charge on any atom is -0.461 e. The van der Waals surface area contributed by atoms with Gasteiger partial charge in [0.25, 0.3) is 5.91 Å². The molecule has 178 valence electrons. The highest BCUT2D eigenvalue weighted by Gasteiger charge is 2.36. The number of H-pyrrole nitrogens is 1. The number of anilines is 2. The minimum atomic E-state index is -0.968. The van der Waals surface area contributed by atoms with E-state index in [9.17, 15) is 9.59 Å². The number of hydrogen-bond donors (Lipinski definition) is 3. The molecule has 0 spiro atoms.